The molecule has 0 bridgehead atoms. The van der Waals surface area contributed by atoms with Gasteiger partial charge in [0, 0.05) is 23.6 Å². The number of aryl methyl sites for hydroxylation is 1. The number of carbonyl (C=O) groups is 1. The average Bonchev–Trinajstić information content (AvgIpc) is 3.03. The number of benzene rings is 1. The fraction of sp³-hybridized carbons (Fsp3) is 0.429. The molecule has 4 nitrogen and oxygen atoms in total. The van der Waals surface area contributed by atoms with Gasteiger partial charge in [-0.25, -0.2) is 0 Å². The number of rotatable bonds is 8. The summed E-state index contributed by atoms with van der Waals surface area (Å²) in [4.78, 5) is 12.9. The molecular weight excluding hydrogens is 312 g/mol. The number of ketones is 1. The highest BCUT2D eigenvalue weighted by atomic mass is 16.5. The highest BCUT2D eigenvalue weighted by molar-refractivity contribution is 6.16. The van der Waals surface area contributed by atoms with Crippen LogP contribution in [0.5, 0.6) is 5.75 Å². The minimum absolute atomic E-state index is 0.0124. The zero-order valence-electron chi connectivity index (χ0n) is 15.1. The second kappa shape index (κ2) is 8.15. The van der Waals surface area contributed by atoms with Crippen LogP contribution >= 0.6 is 0 Å². The Balaban J connectivity index is 1.96. The molecule has 0 spiro atoms. The Morgan fingerprint density at radius 1 is 1.24 bits per heavy atom. The monoisotopic (exact) mass is 338 g/mol. The predicted octanol–water partition coefficient (Wildman–Crippen LogP) is 5.08. The van der Waals surface area contributed by atoms with Crippen molar-refractivity contribution in [2.24, 2.45) is 0 Å². The van der Waals surface area contributed by atoms with Crippen molar-refractivity contribution >= 4 is 16.7 Å². The summed E-state index contributed by atoms with van der Waals surface area (Å²) >= 11 is 0. The van der Waals surface area contributed by atoms with Crippen LogP contribution < -0.4 is 4.74 Å². The molecule has 0 amide bonds. The minimum atomic E-state index is 0.0124. The van der Waals surface area contributed by atoms with Crippen LogP contribution in [-0.4, -0.2) is 22.7 Å². The standard InChI is InChI=1S/C21H26N2O2/c1-3-4-5-9-14-23-19-15-17(25-2)12-13-18(19)20(22-23)21(24)16-10-7-6-8-11-16/h7,10-13,15H,3-6,8-9,14H2,1-2H3. The lowest BCUT2D eigenvalue weighted by molar-refractivity contribution is 0.103. The Kier molecular flexibility index (Phi) is 5.69. The van der Waals surface area contributed by atoms with Gasteiger partial charge < -0.3 is 4.74 Å². The maximum atomic E-state index is 12.9. The van der Waals surface area contributed by atoms with Crippen molar-refractivity contribution in [3.8, 4) is 5.75 Å². The third-order valence-corrected chi connectivity index (χ3v) is 4.65. The van der Waals surface area contributed by atoms with Gasteiger partial charge in [0.15, 0.2) is 0 Å². The number of hydrogen-bond acceptors (Lipinski definition) is 3. The lowest BCUT2D eigenvalue weighted by atomic mass is 10.00. The molecule has 4 heteroatoms. The first kappa shape index (κ1) is 17.5. The van der Waals surface area contributed by atoms with E-state index in [1.54, 1.807) is 7.11 Å². The van der Waals surface area contributed by atoms with Gasteiger partial charge in [0.2, 0.25) is 5.78 Å². The number of aromatic nitrogens is 2. The molecule has 1 heterocycles. The predicted molar refractivity (Wildman–Crippen MR) is 101 cm³/mol. The molecule has 0 saturated carbocycles. The normalized spacial score (nSPS) is 13.9. The van der Waals surface area contributed by atoms with Crippen molar-refractivity contribution in [1.82, 2.24) is 9.78 Å². The number of carbonyl (C=O) groups excluding carboxylic acids is 1. The van der Waals surface area contributed by atoms with Crippen LogP contribution in [0.25, 0.3) is 10.9 Å². The Bertz CT molecular complexity index is 815. The van der Waals surface area contributed by atoms with Crippen LogP contribution in [0.3, 0.4) is 0 Å². The number of nitrogens with zero attached hydrogens (tertiary/aromatic N) is 2. The van der Waals surface area contributed by atoms with Crippen molar-refractivity contribution in [1.29, 1.82) is 0 Å². The van der Waals surface area contributed by atoms with E-state index in [1.807, 2.05) is 35.0 Å². The molecule has 0 saturated heterocycles. The summed E-state index contributed by atoms with van der Waals surface area (Å²) in [6, 6.07) is 5.82. The zero-order chi connectivity index (χ0) is 17.6. The van der Waals surface area contributed by atoms with E-state index in [1.165, 1.54) is 19.3 Å². The van der Waals surface area contributed by atoms with Crippen LogP contribution in [0.1, 0.15) is 55.9 Å². The second-order valence-electron chi connectivity index (χ2n) is 6.48. The first-order valence-corrected chi connectivity index (χ1v) is 9.20. The summed E-state index contributed by atoms with van der Waals surface area (Å²) in [6.45, 7) is 3.03. The third-order valence-electron chi connectivity index (χ3n) is 4.65. The first-order valence-electron chi connectivity index (χ1n) is 9.20. The van der Waals surface area contributed by atoms with Crippen LogP contribution in [0.4, 0.5) is 0 Å². The molecule has 0 fully saturated rings. The van der Waals surface area contributed by atoms with E-state index in [9.17, 15) is 4.79 Å². The van der Waals surface area contributed by atoms with Gasteiger partial charge >= 0.3 is 0 Å². The third kappa shape index (κ3) is 3.84. The second-order valence-corrected chi connectivity index (χ2v) is 6.48. The van der Waals surface area contributed by atoms with Crippen LogP contribution in [0.15, 0.2) is 42.0 Å². The van der Waals surface area contributed by atoms with Gasteiger partial charge in [-0.1, -0.05) is 44.4 Å². The number of Topliss-reactive ketones (excluding diaryl/α,β-unsaturated/α-hetero) is 1. The molecule has 1 aromatic heterocycles. The number of fused-ring (bicyclic) bond motifs is 1. The molecule has 3 rings (SSSR count). The van der Waals surface area contributed by atoms with Gasteiger partial charge in [-0.2, -0.15) is 5.10 Å². The van der Waals surface area contributed by atoms with E-state index in [4.69, 9.17) is 4.74 Å². The van der Waals surface area contributed by atoms with Crippen LogP contribution in [0, 0.1) is 0 Å². The summed E-state index contributed by atoms with van der Waals surface area (Å²) in [6.07, 6.45) is 12.6. The molecule has 0 radical (unpaired) electrons. The van der Waals surface area contributed by atoms with Crippen LogP contribution in [-0.2, 0) is 6.54 Å². The molecule has 1 aliphatic carbocycles. The average molecular weight is 338 g/mol. The van der Waals surface area contributed by atoms with Crippen LogP contribution in [0.2, 0.25) is 0 Å². The fourth-order valence-electron chi connectivity index (χ4n) is 3.23. The summed E-state index contributed by atoms with van der Waals surface area (Å²) < 4.78 is 7.32. The molecule has 1 aliphatic rings. The lowest BCUT2D eigenvalue weighted by Crippen LogP contribution is -2.07. The van der Waals surface area contributed by atoms with E-state index in [-0.39, 0.29) is 5.78 Å². The number of methoxy groups -OCH3 is 1. The minimum Gasteiger partial charge on any atom is -0.497 e. The Hall–Kier alpha value is -2.36. The SMILES string of the molecule is CCCCCCn1nc(C(=O)C2=CCCC=C2)c2ccc(OC)cc21. The topological polar surface area (TPSA) is 44.1 Å². The zero-order valence-corrected chi connectivity index (χ0v) is 15.1. The van der Waals surface area contributed by atoms with Crippen molar-refractivity contribution in [2.45, 2.75) is 52.0 Å². The molecule has 25 heavy (non-hydrogen) atoms. The maximum absolute atomic E-state index is 12.9. The van der Waals surface area contributed by atoms with Gasteiger partial charge in [0.25, 0.3) is 0 Å². The number of ether oxygens (including phenoxy) is 1. The Morgan fingerprint density at radius 3 is 2.84 bits per heavy atom. The van der Waals surface area contributed by atoms with Crippen molar-refractivity contribution in [3.63, 3.8) is 0 Å². The fourth-order valence-corrected chi connectivity index (χ4v) is 3.23. The van der Waals surface area contributed by atoms with Gasteiger partial charge in [0.05, 0.1) is 12.6 Å². The van der Waals surface area contributed by atoms with Gasteiger partial charge in [-0.05, 0) is 31.4 Å². The number of unbranched alkanes of at least 4 members (excludes halogenated alkanes) is 3. The smallest absolute Gasteiger partial charge is 0.213 e. The van der Waals surface area contributed by atoms with Gasteiger partial charge in [0.1, 0.15) is 11.4 Å². The van der Waals surface area contributed by atoms with E-state index in [0.29, 0.717) is 5.69 Å². The molecule has 1 aromatic carbocycles. The Labute approximate surface area is 149 Å². The number of allylic oxidation sites excluding steroid dienone is 4. The Morgan fingerprint density at radius 2 is 2.12 bits per heavy atom. The van der Waals surface area contributed by atoms with Gasteiger partial charge in [-0.3, -0.25) is 9.48 Å². The van der Waals surface area contributed by atoms with Crippen molar-refractivity contribution in [2.75, 3.05) is 7.11 Å². The van der Waals surface area contributed by atoms with Gasteiger partial charge in [-0.15, -0.1) is 0 Å². The van der Waals surface area contributed by atoms with E-state index in [2.05, 4.69) is 18.1 Å². The summed E-state index contributed by atoms with van der Waals surface area (Å²) in [5.41, 5.74) is 2.27. The molecule has 0 atom stereocenters. The summed E-state index contributed by atoms with van der Waals surface area (Å²) in [5.74, 6) is 0.802. The lowest BCUT2D eigenvalue weighted by Gasteiger charge is -2.04. The highest BCUT2D eigenvalue weighted by Gasteiger charge is 2.20. The maximum Gasteiger partial charge on any atom is 0.213 e. The molecule has 0 unspecified atom stereocenters. The van der Waals surface area contributed by atoms with E-state index < -0.39 is 0 Å². The first-order chi connectivity index (χ1) is 12.2. The molecule has 0 N–H and O–H groups in total. The molecule has 2 aromatic rings. The number of hydrogen-bond donors (Lipinski definition) is 0. The van der Waals surface area contributed by atoms with E-state index >= 15 is 0 Å². The summed E-state index contributed by atoms with van der Waals surface area (Å²) in [5, 5.41) is 5.58. The molecule has 132 valence electrons. The highest BCUT2D eigenvalue weighted by Crippen LogP contribution is 2.27. The molecular formula is C21H26N2O2. The van der Waals surface area contributed by atoms with Crippen molar-refractivity contribution < 1.29 is 9.53 Å². The summed E-state index contributed by atoms with van der Waals surface area (Å²) in [7, 11) is 1.66. The van der Waals surface area contributed by atoms with Crippen molar-refractivity contribution in [3.05, 3.63) is 47.7 Å². The van der Waals surface area contributed by atoms with E-state index in [0.717, 1.165) is 48.0 Å². The molecule has 0 aliphatic heterocycles. The quantitative estimate of drug-likeness (QED) is 0.498. The largest absolute Gasteiger partial charge is 0.497 e.